The molecular weight excluding hydrogens is 336 g/mol. The number of sulfonamides is 1. The van der Waals surface area contributed by atoms with Gasteiger partial charge in [0, 0.05) is 11.2 Å². The van der Waals surface area contributed by atoms with Gasteiger partial charge in [0.2, 0.25) is 10.0 Å². The molecule has 3 rings (SSSR count). The summed E-state index contributed by atoms with van der Waals surface area (Å²) >= 11 is 5.91. The Bertz CT molecular complexity index is 936. The molecule has 8 heteroatoms. The largest absolute Gasteiger partial charge is 0.307 e. The molecule has 0 saturated carbocycles. The predicted molar refractivity (Wildman–Crippen MR) is 89.8 cm³/mol. The zero-order chi connectivity index (χ0) is 16.4. The van der Waals surface area contributed by atoms with Gasteiger partial charge in [-0.05, 0) is 29.8 Å². The number of fused-ring (bicyclic) bond motifs is 1. The summed E-state index contributed by atoms with van der Waals surface area (Å²) in [5.41, 5.74) is 2.47. The molecule has 0 aliphatic rings. The van der Waals surface area contributed by atoms with E-state index < -0.39 is 10.0 Å². The van der Waals surface area contributed by atoms with E-state index in [2.05, 4.69) is 14.7 Å². The van der Waals surface area contributed by atoms with Crippen LogP contribution in [0.15, 0.2) is 42.6 Å². The van der Waals surface area contributed by atoms with Gasteiger partial charge in [-0.1, -0.05) is 23.7 Å². The monoisotopic (exact) mass is 350 g/mol. The van der Waals surface area contributed by atoms with E-state index in [1.165, 1.54) is 0 Å². The van der Waals surface area contributed by atoms with Crippen molar-refractivity contribution in [2.75, 3.05) is 6.26 Å². The van der Waals surface area contributed by atoms with Crippen molar-refractivity contribution in [1.82, 2.24) is 19.3 Å². The van der Waals surface area contributed by atoms with E-state index in [9.17, 15) is 8.42 Å². The smallest absolute Gasteiger partial charge is 0.209 e. The summed E-state index contributed by atoms with van der Waals surface area (Å²) in [5.74, 6) is 0.610. The average molecular weight is 351 g/mol. The van der Waals surface area contributed by atoms with Crippen molar-refractivity contribution in [3.05, 3.63) is 59.0 Å². The first-order valence-electron chi connectivity index (χ1n) is 6.91. The molecule has 0 aliphatic heterocycles. The predicted octanol–water partition coefficient (Wildman–Crippen LogP) is 2.18. The van der Waals surface area contributed by atoms with Crippen LogP contribution < -0.4 is 4.72 Å². The second-order valence-corrected chi connectivity index (χ2v) is 7.45. The highest BCUT2D eigenvalue weighted by molar-refractivity contribution is 7.88. The van der Waals surface area contributed by atoms with E-state index in [1.807, 2.05) is 34.9 Å². The number of imidazole rings is 1. The first kappa shape index (κ1) is 15.9. The standard InChI is InChI=1S/C15H15ClN4O2S/c1-23(21,22)18-9-14-19-13-3-2-8-17-15(13)20(14)10-11-4-6-12(16)7-5-11/h2-8,18H,9-10H2,1H3. The minimum Gasteiger partial charge on any atom is -0.307 e. The van der Waals surface area contributed by atoms with Crippen LogP contribution in [0.2, 0.25) is 5.02 Å². The number of halogens is 1. The number of nitrogens with zero attached hydrogens (tertiary/aromatic N) is 3. The molecule has 0 bridgehead atoms. The van der Waals surface area contributed by atoms with Crippen molar-refractivity contribution in [1.29, 1.82) is 0 Å². The molecule has 0 fully saturated rings. The highest BCUT2D eigenvalue weighted by Gasteiger charge is 2.13. The first-order chi connectivity index (χ1) is 10.9. The number of nitrogens with one attached hydrogen (secondary N) is 1. The lowest BCUT2D eigenvalue weighted by atomic mass is 10.2. The van der Waals surface area contributed by atoms with Crippen LogP contribution in [0, 0.1) is 0 Å². The zero-order valence-electron chi connectivity index (χ0n) is 12.4. The van der Waals surface area contributed by atoms with Gasteiger partial charge in [-0.25, -0.2) is 23.1 Å². The van der Waals surface area contributed by atoms with Crippen molar-refractivity contribution in [3.63, 3.8) is 0 Å². The Labute approximate surface area is 139 Å². The molecule has 6 nitrogen and oxygen atoms in total. The van der Waals surface area contributed by atoms with E-state index in [1.54, 1.807) is 12.3 Å². The van der Waals surface area contributed by atoms with E-state index in [4.69, 9.17) is 11.6 Å². The van der Waals surface area contributed by atoms with Gasteiger partial charge in [-0.2, -0.15) is 0 Å². The third-order valence-corrected chi connectivity index (χ3v) is 4.25. The van der Waals surface area contributed by atoms with Crippen LogP contribution in [0.1, 0.15) is 11.4 Å². The van der Waals surface area contributed by atoms with Crippen molar-refractivity contribution >= 4 is 32.8 Å². The van der Waals surface area contributed by atoms with Gasteiger partial charge >= 0.3 is 0 Å². The Morgan fingerprint density at radius 3 is 2.65 bits per heavy atom. The van der Waals surface area contributed by atoms with Gasteiger partial charge in [-0.3, -0.25) is 0 Å². The van der Waals surface area contributed by atoms with Gasteiger partial charge in [0.05, 0.1) is 19.3 Å². The first-order valence-corrected chi connectivity index (χ1v) is 9.18. The molecule has 0 aliphatic carbocycles. The molecule has 0 amide bonds. The maximum atomic E-state index is 11.3. The molecule has 23 heavy (non-hydrogen) atoms. The van der Waals surface area contributed by atoms with Gasteiger partial charge in [0.15, 0.2) is 5.65 Å². The van der Waals surface area contributed by atoms with E-state index in [0.717, 1.165) is 17.3 Å². The fraction of sp³-hybridized carbons (Fsp3) is 0.200. The minimum atomic E-state index is -3.30. The normalized spacial score (nSPS) is 11.9. The van der Waals surface area contributed by atoms with Crippen LogP contribution >= 0.6 is 11.6 Å². The summed E-state index contributed by atoms with van der Waals surface area (Å²) < 4.78 is 27.1. The number of benzene rings is 1. The molecule has 0 atom stereocenters. The Morgan fingerprint density at radius 1 is 1.22 bits per heavy atom. The molecule has 0 unspecified atom stereocenters. The SMILES string of the molecule is CS(=O)(=O)NCc1nc2cccnc2n1Cc1ccc(Cl)cc1. The Hall–Kier alpha value is -1.96. The summed E-state index contributed by atoms with van der Waals surface area (Å²) in [5, 5.41) is 0.668. The summed E-state index contributed by atoms with van der Waals surface area (Å²) in [6, 6.07) is 11.1. The fourth-order valence-electron chi connectivity index (χ4n) is 2.27. The molecule has 2 heterocycles. The van der Waals surface area contributed by atoms with Crippen molar-refractivity contribution in [2.24, 2.45) is 0 Å². The van der Waals surface area contributed by atoms with Gasteiger partial charge in [-0.15, -0.1) is 0 Å². The number of hydrogen-bond donors (Lipinski definition) is 1. The second-order valence-electron chi connectivity index (χ2n) is 5.18. The number of pyridine rings is 1. The maximum absolute atomic E-state index is 11.3. The Kier molecular flexibility index (Phi) is 4.34. The molecule has 1 N–H and O–H groups in total. The van der Waals surface area contributed by atoms with Crippen LogP contribution in [0.4, 0.5) is 0 Å². The number of hydrogen-bond acceptors (Lipinski definition) is 4. The topological polar surface area (TPSA) is 76.9 Å². The molecule has 1 aromatic carbocycles. The van der Waals surface area contributed by atoms with Crippen LogP contribution in [-0.4, -0.2) is 29.2 Å². The fourth-order valence-corrected chi connectivity index (χ4v) is 2.79. The molecule has 0 spiro atoms. The molecule has 2 aromatic heterocycles. The lowest BCUT2D eigenvalue weighted by molar-refractivity contribution is 0.582. The van der Waals surface area contributed by atoms with Crippen molar-refractivity contribution in [2.45, 2.75) is 13.1 Å². The highest BCUT2D eigenvalue weighted by atomic mass is 35.5. The molecular formula is C15H15ClN4O2S. The van der Waals surface area contributed by atoms with Crippen molar-refractivity contribution in [3.8, 4) is 0 Å². The summed E-state index contributed by atoms with van der Waals surface area (Å²) in [7, 11) is -3.30. The van der Waals surface area contributed by atoms with Crippen LogP contribution in [0.5, 0.6) is 0 Å². The van der Waals surface area contributed by atoms with E-state index in [0.29, 0.717) is 23.0 Å². The minimum absolute atomic E-state index is 0.114. The quantitative estimate of drug-likeness (QED) is 0.765. The van der Waals surface area contributed by atoms with Crippen LogP contribution in [0.25, 0.3) is 11.2 Å². The van der Waals surface area contributed by atoms with Gasteiger partial charge in [0.25, 0.3) is 0 Å². The lowest BCUT2D eigenvalue weighted by Gasteiger charge is -2.09. The van der Waals surface area contributed by atoms with Gasteiger partial charge < -0.3 is 4.57 Å². The average Bonchev–Trinajstić information content (AvgIpc) is 2.85. The zero-order valence-corrected chi connectivity index (χ0v) is 14.0. The van der Waals surface area contributed by atoms with E-state index in [-0.39, 0.29) is 6.54 Å². The van der Waals surface area contributed by atoms with Gasteiger partial charge in [0.1, 0.15) is 11.3 Å². The second kappa shape index (κ2) is 6.27. The third-order valence-electron chi connectivity index (χ3n) is 3.33. The summed E-state index contributed by atoms with van der Waals surface area (Å²) in [6.45, 7) is 0.647. The lowest BCUT2D eigenvalue weighted by Crippen LogP contribution is -2.23. The molecule has 0 radical (unpaired) electrons. The van der Waals surface area contributed by atoms with Crippen molar-refractivity contribution < 1.29 is 8.42 Å². The summed E-state index contributed by atoms with van der Waals surface area (Å²) in [6.07, 6.45) is 2.81. The summed E-state index contributed by atoms with van der Waals surface area (Å²) in [4.78, 5) is 8.83. The molecule has 120 valence electrons. The van der Waals surface area contributed by atoms with E-state index >= 15 is 0 Å². The Balaban J connectivity index is 2.00. The number of aromatic nitrogens is 3. The Morgan fingerprint density at radius 2 is 1.96 bits per heavy atom. The van der Waals surface area contributed by atoms with Crippen LogP contribution in [0.3, 0.4) is 0 Å². The maximum Gasteiger partial charge on any atom is 0.209 e. The third kappa shape index (κ3) is 3.87. The highest BCUT2D eigenvalue weighted by Crippen LogP contribution is 2.17. The number of rotatable bonds is 5. The van der Waals surface area contributed by atoms with Crippen LogP contribution in [-0.2, 0) is 23.1 Å². The molecule has 3 aromatic rings. The molecule has 0 saturated heterocycles.